The number of esters is 2. The van der Waals surface area contributed by atoms with Crippen LogP contribution in [0.15, 0.2) is 12.2 Å². The van der Waals surface area contributed by atoms with Gasteiger partial charge in [0.2, 0.25) is 0 Å². The first-order chi connectivity index (χ1) is 6.99. The lowest BCUT2D eigenvalue weighted by atomic mass is 10.2. The number of unbranched alkanes of at least 4 members (excludes halogenated alkanes) is 1. The summed E-state index contributed by atoms with van der Waals surface area (Å²) in [7, 11) is 0. The summed E-state index contributed by atoms with van der Waals surface area (Å²) in [6, 6.07) is 0. The van der Waals surface area contributed by atoms with Crippen LogP contribution < -0.4 is 0 Å². The van der Waals surface area contributed by atoms with Crippen molar-refractivity contribution in [2.75, 3.05) is 6.61 Å². The van der Waals surface area contributed by atoms with E-state index in [4.69, 9.17) is 9.47 Å². The van der Waals surface area contributed by atoms with Gasteiger partial charge in [-0.3, -0.25) is 4.79 Å². The Balaban J connectivity index is 3.97. The second-order valence-corrected chi connectivity index (χ2v) is 3.27. The van der Waals surface area contributed by atoms with E-state index in [9.17, 15) is 9.59 Å². The molecule has 4 nitrogen and oxygen atoms in total. The highest BCUT2D eigenvalue weighted by Crippen LogP contribution is 2.07. The smallest absolute Gasteiger partial charge is 0.337 e. The molecule has 4 heteroatoms. The van der Waals surface area contributed by atoms with Crippen LogP contribution in [0, 0.1) is 0 Å². The Kier molecular flexibility index (Phi) is 6.42. The molecule has 0 N–H and O–H groups in total. The summed E-state index contributed by atoms with van der Waals surface area (Å²) in [5.41, 5.74) is 0.168. The summed E-state index contributed by atoms with van der Waals surface area (Å²) in [4.78, 5) is 22.0. The molecule has 0 spiro atoms. The number of hydrogen-bond acceptors (Lipinski definition) is 4. The van der Waals surface area contributed by atoms with Gasteiger partial charge in [0.05, 0.1) is 12.2 Å². The average Bonchev–Trinajstić information content (AvgIpc) is 2.15. The lowest BCUT2D eigenvalue weighted by Crippen LogP contribution is -2.21. The molecule has 0 saturated heterocycles. The van der Waals surface area contributed by atoms with Crippen molar-refractivity contribution >= 4 is 11.9 Å². The minimum Gasteiger partial charge on any atom is -0.462 e. The second-order valence-electron chi connectivity index (χ2n) is 3.27. The van der Waals surface area contributed by atoms with E-state index in [2.05, 4.69) is 6.58 Å². The topological polar surface area (TPSA) is 52.6 Å². The Labute approximate surface area is 90.2 Å². The van der Waals surface area contributed by atoms with Crippen molar-refractivity contribution in [3.8, 4) is 0 Å². The van der Waals surface area contributed by atoms with E-state index in [0.717, 1.165) is 12.8 Å². The Bertz CT molecular complexity index is 245. The molecule has 0 amide bonds. The van der Waals surface area contributed by atoms with E-state index < -0.39 is 18.0 Å². The average molecular weight is 214 g/mol. The Morgan fingerprint density at radius 2 is 2.00 bits per heavy atom. The van der Waals surface area contributed by atoms with Crippen molar-refractivity contribution < 1.29 is 19.1 Å². The van der Waals surface area contributed by atoms with Crippen LogP contribution in [0.25, 0.3) is 0 Å². The van der Waals surface area contributed by atoms with Crippen molar-refractivity contribution in [2.24, 2.45) is 0 Å². The van der Waals surface area contributed by atoms with Crippen molar-refractivity contribution in [3.05, 3.63) is 12.2 Å². The third-order valence-corrected chi connectivity index (χ3v) is 1.83. The molecule has 0 aliphatic carbocycles. The Morgan fingerprint density at radius 3 is 2.47 bits per heavy atom. The normalized spacial score (nSPS) is 11.7. The predicted molar refractivity (Wildman–Crippen MR) is 56.2 cm³/mol. The number of rotatable bonds is 6. The molecule has 0 heterocycles. The Hall–Kier alpha value is -1.32. The first kappa shape index (κ1) is 13.7. The highest BCUT2D eigenvalue weighted by atomic mass is 16.6. The summed E-state index contributed by atoms with van der Waals surface area (Å²) >= 11 is 0. The molecule has 0 aliphatic rings. The molecular weight excluding hydrogens is 196 g/mol. The molecule has 0 aromatic rings. The molecular formula is C11H18O4. The zero-order valence-corrected chi connectivity index (χ0v) is 9.54. The minimum absolute atomic E-state index is 0.168. The molecule has 0 aromatic heterocycles. The third kappa shape index (κ3) is 5.88. The fraction of sp³-hybridized carbons (Fsp3) is 0.636. The lowest BCUT2D eigenvalue weighted by Gasteiger charge is -2.13. The molecule has 0 aliphatic heterocycles. The van der Waals surface area contributed by atoms with Gasteiger partial charge in [0.1, 0.15) is 6.10 Å². The van der Waals surface area contributed by atoms with Crippen LogP contribution in [0.2, 0.25) is 0 Å². The van der Waals surface area contributed by atoms with Crippen LogP contribution in [0.1, 0.15) is 33.6 Å². The SMILES string of the molecule is C=C(C(=O)OCCCC)[C@@H](C)OC(C)=O. The van der Waals surface area contributed by atoms with Crippen LogP contribution in [-0.4, -0.2) is 24.6 Å². The monoisotopic (exact) mass is 214 g/mol. The van der Waals surface area contributed by atoms with Gasteiger partial charge in [-0.25, -0.2) is 4.79 Å². The molecule has 86 valence electrons. The maximum atomic E-state index is 11.3. The van der Waals surface area contributed by atoms with Gasteiger partial charge in [0.15, 0.2) is 0 Å². The zero-order chi connectivity index (χ0) is 11.8. The third-order valence-electron chi connectivity index (χ3n) is 1.83. The largest absolute Gasteiger partial charge is 0.462 e. The summed E-state index contributed by atoms with van der Waals surface area (Å²) in [6.45, 7) is 8.79. The minimum atomic E-state index is -0.628. The number of hydrogen-bond donors (Lipinski definition) is 0. The quantitative estimate of drug-likeness (QED) is 0.384. The van der Waals surface area contributed by atoms with Gasteiger partial charge in [-0.05, 0) is 13.3 Å². The fourth-order valence-electron chi connectivity index (χ4n) is 0.888. The zero-order valence-electron chi connectivity index (χ0n) is 9.54. The van der Waals surface area contributed by atoms with Crippen molar-refractivity contribution in [3.63, 3.8) is 0 Å². The van der Waals surface area contributed by atoms with Crippen LogP contribution in [0.3, 0.4) is 0 Å². The Morgan fingerprint density at radius 1 is 1.40 bits per heavy atom. The van der Waals surface area contributed by atoms with Crippen molar-refractivity contribution in [2.45, 2.75) is 39.7 Å². The summed E-state index contributed by atoms with van der Waals surface area (Å²) in [6.07, 6.45) is 1.15. The van der Waals surface area contributed by atoms with E-state index in [1.807, 2.05) is 6.92 Å². The second kappa shape index (κ2) is 7.04. The predicted octanol–water partition coefficient (Wildman–Crippen LogP) is 1.84. The molecule has 1 atom stereocenters. The van der Waals surface area contributed by atoms with Gasteiger partial charge in [-0.1, -0.05) is 19.9 Å². The first-order valence-electron chi connectivity index (χ1n) is 5.02. The van der Waals surface area contributed by atoms with Crippen molar-refractivity contribution in [1.29, 1.82) is 0 Å². The summed E-state index contributed by atoms with van der Waals surface area (Å²) < 4.78 is 9.72. The standard InChI is InChI=1S/C11H18O4/c1-5-6-7-14-11(13)8(2)9(3)15-10(4)12/h9H,2,5-7H2,1,3-4H3/t9-/m1/s1. The molecule has 0 radical (unpaired) electrons. The molecule has 0 bridgehead atoms. The highest BCUT2D eigenvalue weighted by Gasteiger charge is 2.18. The van der Waals surface area contributed by atoms with Gasteiger partial charge in [-0.15, -0.1) is 0 Å². The number of ether oxygens (including phenoxy) is 2. The van der Waals surface area contributed by atoms with Crippen molar-refractivity contribution in [1.82, 2.24) is 0 Å². The van der Waals surface area contributed by atoms with Gasteiger partial charge < -0.3 is 9.47 Å². The molecule has 0 rings (SSSR count). The van der Waals surface area contributed by atoms with Gasteiger partial charge in [0.25, 0.3) is 0 Å². The van der Waals surface area contributed by atoms with Crippen LogP contribution in [-0.2, 0) is 19.1 Å². The van der Waals surface area contributed by atoms with Crippen LogP contribution in [0.5, 0.6) is 0 Å². The summed E-state index contributed by atoms with van der Waals surface area (Å²) in [5, 5.41) is 0. The fourth-order valence-corrected chi connectivity index (χ4v) is 0.888. The molecule has 0 unspecified atom stereocenters. The van der Waals surface area contributed by atoms with E-state index in [0.29, 0.717) is 6.61 Å². The van der Waals surface area contributed by atoms with Gasteiger partial charge >= 0.3 is 11.9 Å². The molecule has 0 saturated carbocycles. The van der Waals surface area contributed by atoms with Gasteiger partial charge in [-0.2, -0.15) is 0 Å². The van der Waals surface area contributed by atoms with Crippen LogP contribution >= 0.6 is 0 Å². The number of carbonyl (C=O) groups excluding carboxylic acids is 2. The first-order valence-corrected chi connectivity index (χ1v) is 5.02. The summed E-state index contributed by atoms with van der Waals surface area (Å²) in [5.74, 6) is -0.942. The van der Waals surface area contributed by atoms with Crippen LogP contribution in [0.4, 0.5) is 0 Å². The van der Waals surface area contributed by atoms with E-state index in [-0.39, 0.29) is 5.57 Å². The van der Waals surface area contributed by atoms with E-state index >= 15 is 0 Å². The highest BCUT2D eigenvalue weighted by molar-refractivity contribution is 5.89. The molecule has 0 fully saturated rings. The maximum absolute atomic E-state index is 11.3. The lowest BCUT2D eigenvalue weighted by molar-refractivity contribution is -0.146. The maximum Gasteiger partial charge on any atom is 0.337 e. The molecule has 15 heavy (non-hydrogen) atoms. The van der Waals surface area contributed by atoms with E-state index in [1.165, 1.54) is 6.92 Å². The van der Waals surface area contributed by atoms with E-state index in [1.54, 1.807) is 6.92 Å². The van der Waals surface area contributed by atoms with Gasteiger partial charge in [0, 0.05) is 6.92 Å². The number of carbonyl (C=O) groups is 2. The molecule has 0 aromatic carbocycles.